The van der Waals surface area contributed by atoms with Crippen LogP contribution in [-0.2, 0) is 11.2 Å². The van der Waals surface area contributed by atoms with Crippen LogP contribution in [0, 0.1) is 0 Å². The van der Waals surface area contributed by atoms with Crippen LogP contribution in [-0.4, -0.2) is 37.1 Å². The Kier molecular flexibility index (Phi) is 7.97. The average Bonchev–Trinajstić information content (AvgIpc) is 2.50. The molecule has 0 saturated heterocycles. The van der Waals surface area contributed by atoms with E-state index >= 15 is 0 Å². The molecule has 0 spiro atoms. The average molecular weight is 277 g/mol. The van der Waals surface area contributed by atoms with Crippen molar-refractivity contribution in [3.8, 4) is 0 Å². The second-order valence-corrected chi connectivity index (χ2v) is 4.96. The minimum Gasteiger partial charge on any atom is -0.461 e. The van der Waals surface area contributed by atoms with E-state index in [-0.39, 0.29) is 5.97 Å². The fourth-order valence-corrected chi connectivity index (χ4v) is 2.08. The Labute approximate surface area is 122 Å². The zero-order valence-electron chi connectivity index (χ0n) is 13.0. The van der Waals surface area contributed by atoms with Crippen LogP contribution in [0.4, 0.5) is 0 Å². The van der Waals surface area contributed by atoms with Gasteiger partial charge in [-0.1, -0.05) is 39.3 Å². The number of esters is 1. The second-order valence-electron chi connectivity index (χ2n) is 4.96. The lowest BCUT2D eigenvalue weighted by Crippen LogP contribution is -2.27. The molecule has 0 N–H and O–H groups in total. The third kappa shape index (κ3) is 5.74. The minimum atomic E-state index is -0.223. The van der Waals surface area contributed by atoms with Crippen molar-refractivity contribution in [3.63, 3.8) is 0 Å². The standard InChI is InChI=1S/C17H27NO2/c1-4-7-8-15-9-11-16(12-10-15)17(19)20-14-13-18(5-2)6-3/h9-12H,4-8,13-14H2,1-3H3. The molecule has 1 aromatic carbocycles. The summed E-state index contributed by atoms with van der Waals surface area (Å²) in [4.78, 5) is 14.1. The molecule has 3 nitrogen and oxygen atoms in total. The fourth-order valence-electron chi connectivity index (χ4n) is 2.08. The number of nitrogens with zero attached hydrogens (tertiary/aromatic N) is 1. The molecule has 0 saturated carbocycles. The molecule has 0 atom stereocenters. The highest BCUT2D eigenvalue weighted by molar-refractivity contribution is 5.89. The lowest BCUT2D eigenvalue weighted by molar-refractivity contribution is 0.0466. The summed E-state index contributed by atoms with van der Waals surface area (Å²) in [7, 11) is 0. The van der Waals surface area contributed by atoms with Crippen LogP contribution in [0.25, 0.3) is 0 Å². The van der Waals surface area contributed by atoms with E-state index in [1.54, 1.807) is 0 Å². The molecule has 1 aromatic rings. The molecule has 0 fully saturated rings. The van der Waals surface area contributed by atoms with Crippen molar-refractivity contribution in [2.75, 3.05) is 26.2 Å². The van der Waals surface area contributed by atoms with Gasteiger partial charge in [0, 0.05) is 6.54 Å². The molecule has 0 radical (unpaired) electrons. The first kappa shape index (κ1) is 16.7. The quantitative estimate of drug-likeness (QED) is 0.647. The van der Waals surface area contributed by atoms with Gasteiger partial charge in [0.2, 0.25) is 0 Å². The van der Waals surface area contributed by atoms with E-state index in [0.29, 0.717) is 12.2 Å². The van der Waals surface area contributed by atoms with Crippen LogP contribution in [0.3, 0.4) is 0 Å². The van der Waals surface area contributed by atoms with Crippen molar-refractivity contribution in [2.24, 2.45) is 0 Å². The van der Waals surface area contributed by atoms with Crippen LogP contribution >= 0.6 is 0 Å². The Morgan fingerprint density at radius 2 is 1.75 bits per heavy atom. The largest absolute Gasteiger partial charge is 0.461 e. The SMILES string of the molecule is CCCCc1ccc(C(=O)OCCN(CC)CC)cc1. The molecule has 0 aliphatic heterocycles. The molecule has 0 aromatic heterocycles. The van der Waals surface area contributed by atoms with Crippen molar-refractivity contribution in [2.45, 2.75) is 40.0 Å². The molecule has 0 aliphatic carbocycles. The van der Waals surface area contributed by atoms with Crippen molar-refractivity contribution >= 4 is 5.97 Å². The molecule has 20 heavy (non-hydrogen) atoms. The van der Waals surface area contributed by atoms with Crippen molar-refractivity contribution in [1.82, 2.24) is 4.90 Å². The van der Waals surface area contributed by atoms with E-state index < -0.39 is 0 Å². The number of likely N-dealkylation sites (N-methyl/N-ethyl adjacent to an activating group) is 1. The molecular weight excluding hydrogens is 250 g/mol. The van der Waals surface area contributed by atoms with Gasteiger partial charge >= 0.3 is 5.97 Å². The monoisotopic (exact) mass is 277 g/mol. The maximum absolute atomic E-state index is 11.9. The summed E-state index contributed by atoms with van der Waals surface area (Å²) in [5, 5.41) is 0. The number of carbonyl (C=O) groups excluding carboxylic acids is 1. The van der Waals surface area contributed by atoms with Crippen LogP contribution in [0.1, 0.15) is 49.5 Å². The van der Waals surface area contributed by atoms with E-state index in [1.807, 2.05) is 24.3 Å². The van der Waals surface area contributed by atoms with Crippen LogP contribution in [0.5, 0.6) is 0 Å². The summed E-state index contributed by atoms with van der Waals surface area (Å²) in [5.41, 5.74) is 1.93. The van der Waals surface area contributed by atoms with Gasteiger partial charge in [0.1, 0.15) is 6.61 Å². The van der Waals surface area contributed by atoms with Crippen LogP contribution in [0.15, 0.2) is 24.3 Å². The summed E-state index contributed by atoms with van der Waals surface area (Å²) in [5.74, 6) is -0.223. The van der Waals surface area contributed by atoms with Gasteiger partial charge in [-0.25, -0.2) is 4.79 Å². The molecule has 0 aliphatic rings. The van der Waals surface area contributed by atoms with E-state index in [0.717, 1.165) is 26.1 Å². The molecule has 0 heterocycles. The molecule has 3 heteroatoms. The molecule has 0 amide bonds. The van der Waals surface area contributed by atoms with E-state index in [2.05, 4.69) is 25.7 Å². The summed E-state index contributed by atoms with van der Waals surface area (Å²) in [6.07, 6.45) is 3.45. The first-order chi connectivity index (χ1) is 9.71. The number of benzene rings is 1. The van der Waals surface area contributed by atoms with Crippen LogP contribution in [0.2, 0.25) is 0 Å². The maximum atomic E-state index is 11.9. The topological polar surface area (TPSA) is 29.5 Å². The highest BCUT2D eigenvalue weighted by atomic mass is 16.5. The molecule has 0 bridgehead atoms. The van der Waals surface area contributed by atoms with Gasteiger partial charge < -0.3 is 9.64 Å². The third-order valence-corrected chi connectivity index (χ3v) is 3.54. The van der Waals surface area contributed by atoms with Crippen LogP contribution < -0.4 is 0 Å². The Hall–Kier alpha value is -1.35. The predicted molar refractivity (Wildman–Crippen MR) is 83.1 cm³/mol. The number of carbonyl (C=O) groups is 1. The normalized spacial score (nSPS) is 10.8. The molecule has 112 valence electrons. The summed E-state index contributed by atoms with van der Waals surface area (Å²) in [6.45, 7) is 9.63. The number of hydrogen-bond donors (Lipinski definition) is 0. The smallest absolute Gasteiger partial charge is 0.338 e. The highest BCUT2D eigenvalue weighted by Gasteiger charge is 2.07. The first-order valence-corrected chi connectivity index (χ1v) is 7.69. The number of unbranched alkanes of at least 4 members (excludes halogenated alkanes) is 1. The van der Waals surface area contributed by atoms with E-state index in [9.17, 15) is 4.79 Å². The molecular formula is C17H27NO2. The van der Waals surface area contributed by atoms with Gasteiger partial charge in [0.05, 0.1) is 5.56 Å². The van der Waals surface area contributed by atoms with E-state index in [4.69, 9.17) is 4.74 Å². The number of hydrogen-bond acceptors (Lipinski definition) is 3. The molecule has 0 unspecified atom stereocenters. The van der Waals surface area contributed by atoms with Crippen molar-refractivity contribution in [3.05, 3.63) is 35.4 Å². The Morgan fingerprint density at radius 1 is 1.10 bits per heavy atom. The number of ether oxygens (including phenoxy) is 1. The Bertz CT molecular complexity index is 382. The highest BCUT2D eigenvalue weighted by Crippen LogP contribution is 2.09. The first-order valence-electron chi connectivity index (χ1n) is 7.69. The fraction of sp³-hybridized carbons (Fsp3) is 0.588. The van der Waals surface area contributed by atoms with Gasteiger partial charge in [-0.3, -0.25) is 0 Å². The lowest BCUT2D eigenvalue weighted by atomic mass is 10.1. The maximum Gasteiger partial charge on any atom is 0.338 e. The van der Waals surface area contributed by atoms with Gasteiger partial charge in [0.25, 0.3) is 0 Å². The molecule has 1 rings (SSSR count). The summed E-state index contributed by atoms with van der Waals surface area (Å²) < 4.78 is 5.30. The number of rotatable bonds is 9. The third-order valence-electron chi connectivity index (χ3n) is 3.54. The summed E-state index contributed by atoms with van der Waals surface area (Å²) in [6, 6.07) is 7.78. The van der Waals surface area contributed by atoms with E-state index in [1.165, 1.54) is 18.4 Å². The van der Waals surface area contributed by atoms with Gasteiger partial charge in [-0.05, 0) is 43.6 Å². The second kappa shape index (κ2) is 9.54. The zero-order valence-corrected chi connectivity index (χ0v) is 13.0. The lowest BCUT2D eigenvalue weighted by Gasteiger charge is -2.17. The zero-order chi connectivity index (χ0) is 14.8. The summed E-state index contributed by atoms with van der Waals surface area (Å²) >= 11 is 0. The van der Waals surface area contributed by atoms with Crippen molar-refractivity contribution in [1.29, 1.82) is 0 Å². The number of aryl methyl sites for hydroxylation is 1. The predicted octanol–water partition coefficient (Wildman–Crippen LogP) is 3.53. The van der Waals surface area contributed by atoms with Gasteiger partial charge in [-0.2, -0.15) is 0 Å². The van der Waals surface area contributed by atoms with Crippen molar-refractivity contribution < 1.29 is 9.53 Å². The minimum absolute atomic E-state index is 0.223. The van der Waals surface area contributed by atoms with Gasteiger partial charge in [0.15, 0.2) is 0 Å². The Balaban J connectivity index is 2.39. The van der Waals surface area contributed by atoms with Gasteiger partial charge in [-0.15, -0.1) is 0 Å². The Morgan fingerprint density at radius 3 is 2.30 bits per heavy atom.